The highest BCUT2D eigenvalue weighted by molar-refractivity contribution is 9.10. The smallest absolute Gasteiger partial charge is 0.225 e. The largest absolute Gasteiger partial charge is 0.349 e. The number of halogens is 2. The molecule has 0 saturated heterocycles. The first-order valence-electron chi connectivity index (χ1n) is 9.09. The molecule has 27 heavy (non-hydrogen) atoms. The number of nitrogens with one attached hydrogen (secondary N) is 1. The second kappa shape index (κ2) is 9.46. The van der Waals surface area contributed by atoms with Gasteiger partial charge in [-0.05, 0) is 74.5 Å². The minimum atomic E-state index is -0.278. The summed E-state index contributed by atoms with van der Waals surface area (Å²) in [5.41, 5.74) is 2.83. The number of carbonyl (C=O) groups is 1. The number of carbonyl (C=O) groups excluding carboxylic acids is 1. The van der Waals surface area contributed by atoms with Crippen molar-refractivity contribution in [3.05, 3.63) is 51.5 Å². The van der Waals surface area contributed by atoms with Crippen molar-refractivity contribution in [2.45, 2.75) is 39.8 Å². The van der Waals surface area contributed by atoms with Crippen LogP contribution < -0.4 is 5.32 Å². The van der Waals surface area contributed by atoms with Crippen LogP contribution in [-0.4, -0.2) is 41.2 Å². The quantitative estimate of drug-likeness (QED) is 0.680. The van der Waals surface area contributed by atoms with E-state index in [0.717, 1.165) is 34.4 Å². The van der Waals surface area contributed by atoms with E-state index in [0.29, 0.717) is 6.54 Å². The molecular formula is C20H28BrFN4O. The van der Waals surface area contributed by atoms with Crippen LogP contribution in [0.2, 0.25) is 0 Å². The average Bonchev–Trinajstić information content (AvgIpc) is 2.85. The SMILES string of the molecule is Cc1nn(CC(C)C(=O)NC(CCN(C)C)c2ccc(F)cc2)c(C)c1Br. The van der Waals surface area contributed by atoms with Crippen LogP contribution in [0.3, 0.4) is 0 Å². The molecular weight excluding hydrogens is 411 g/mol. The van der Waals surface area contributed by atoms with E-state index in [9.17, 15) is 9.18 Å². The summed E-state index contributed by atoms with van der Waals surface area (Å²) in [6, 6.07) is 6.18. The summed E-state index contributed by atoms with van der Waals surface area (Å²) in [7, 11) is 3.99. The molecule has 1 amide bonds. The molecule has 1 N–H and O–H groups in total. The number of rotatable bonds is 8. The molecule has 2 unspecified atom stereocenters. The van der Waals surface area contributed by atoms with Gasteiger partial charge in [-0.15, -0.1) is 0 Å². The summed E-state index contributed by atoms with van der Waals surface area (Å²) < 4.78 is 16.1. The highest BCUT2D eigenvalue weighted by Gasteiger charge is 2.21. The van der Waals surface area contributed by atoms with E-state index in [1.54, 1.807) is 12.1 Å². The van der Waals surface area contributed by atoms with E-state index in [1.165, 1.54) is 12.1 Å². The molecule has 2 aromatic rings. The second-order valence-corrected chi connectivity index (χ2v) is 8.07. The third-order valence-electron chi connectivity index (χ3n) is 4.64. The first kappa shape index (κ1) is 21.6. The van der Waals surface area contributed by atoms with Gasteiger partial charge in [0.1, 0.15) is 5.82 Å². The van der Waals surface area contributed by atoms with E-state index in [-0.39, 0.29) is 23.7 Å². The van der Waals surface area contributed by atoms with Crippen LogP contribution >= 0.6 is 15.9 Å². The van der Waals surface area contributed by atoms with Crippen molar-refractivity contribution in [2.24, 2.45) is 5.92 Å². The van der Waals surface area contributed by atoms with E-state index in [2.05, 4.69) is 31.2 Å². The van der Waals surface area contributed by atoms with Crippen molar-refractivity contribution in [2.75, 3.05) is 20.6 Å². The number of hydrogen-bond donors (Lipinski definition) is 1. The number of benzene rings is 1. The van der Waals surface area contributed by atoms with Crippen molar-refractivity contribution in [3.63, 3.8) is 0 Å². The van der Waals surface area contributed by atoms with Gasteiger partial charge in [0.2, 0.25) is 5.91 Å². The topological polar surface area (TPSA) is 50.2 Å². The van der Waals surface area contributed by atoms with Crippen molar-refractivity contribution < 1.29 is 9.18 Å². The molecule has 1 heterocycles. The van der Waals surface area contributed by atoms with Crippen LogP contribution in [0.5, 0.6) is 0 Å². The van der Waals surface area contributed by atoms with Crippen LogP contribution in [0.1, 0.15) is 36.3 Å². The Hall–Kier alpha value is -1.73. The molecule has 5 nitrogen and oxygen atoms in total. The molecule has 7 heteroatoms. The fourth-order valence-electron chi connectivity index (χ4n) is 2.91. The van der Waals surface area contributed by atoms with Gasteiger partial charge in [0.25, 0.3) is 0 Å². The van der Waals surface area contributed by atoms with Crippen LogP contribution in [0.25, 0.3) is 0 Å². The van der Waals surface area contributed by atoms with Gasteiger partial charge in [0, 0.05) is 5.69 Å². The van der Waals surface area contributed by atoms with E-state index < -0.39 is 0 Å². The third-order valence-corrected chi connectivity index (χ3v) is 5.79. The molecule has 0 spiro atoms. The second-order valence-electron chi connectivity index (χ2n) is 7.27. The summed E-state index contributed by atoms with van der Waals surface area (Å²) in [4.78, 5) is 14.9. The third kappa shape index (κ3) is 5.87. The molecule has 0 fully saturated rings. The predicted molar refractivity (Wildman–Crippen MR) is 109 cm³/mol. The lowest BCUT2D eigenvalue weighted by Crippen LogP contribution is -2.36. The number of aryl methyl sites for hydroxylation is 1. The molecule has 2 atom stereocenters. The van der Waals surface area contributed by atoms with Gasteiger partial charge in [-0.3, -0.25) is 9.48 Å². The van der Waals surface area contributed by atoms with E-state index >= 15 is 0 Å². The van der Waals surface area contributed by atoms with Gasteiger partial charge in [-0.2, -0.15) is 5.10 Å². The molecule has 1 aromatic carbocycles. The standard InChI is InChI=1S/C20H28BrFN4O/c1-13(12-26-15(3)19(21)14(2)24-26)20(27)23-18(10-11-25(4)5)16-6-8-17(22)9-7-16/h6-9,13,18H,10-12H2,1-5H3,(H,23,27). The summed E-state index contributed by atoms with van der Waals surface area (Å²) in [5, 5.41) is 7.61. The maximum absolute atomic E-state index is 13.3. The molecule has 0 aliphatic carbocycles. The molecule has 0 bridgehead atoms. The lowest BCUT2D eigenvalue weighted by Gasteiger charge is -2.23. The fraction of sp³-hybridized carbons (Fsp3) is 0.500. The van der Waals surface area contributed by atoms with Crippen LogP contribution in [0.4, 0.5) is 4.39 Å². The number of aromatic nitrogens is 2. The van der Waals surface area contributed by atoms with E-state index in [1.807, 2.05) is 39.5 Å². The maximum atomic E-state index is 13.3. The highest BCUT2D eigenvalue weighted by Crippen LogP contribution is 2.22. The van der Waals surface area contributed by atoms with Gasteiger partial charge in [-0.1, -0.05) is 19.1 Å². The summed E-state index contributed by atoms with van der Waals surface area (Å²) >= 11 is 3.52. The first-order valence-corrected chi connectivity index (χ1v) is 9.88. The van der Waals surface area contributed by atoms with Gasteiger partial charge in [0.05, 0.1) is 28.7 Å². The maximum Gasteiger partial charge on any atom is 0.225 e. The Morgan fingerprint density at radius 1 is 1.30 bits per heavy atom. The Morgan fingerprint density at radius 3 is 2.44 bits per heavy atom. The lowest BCUT2D eigenvalue weighted by atomic mass is 10.0. The van der Waals surface area contributed by atoms with Gasteiger partial charge >= 0.3 is 0 Å². The number of amides is 1. The molecule has 1 aromatic heterocycles. The zero-order valence-electron chi connectivity index (χ0n) is 16.6. The van der Waals surface area contributed by atoms with Crippen LogP contribution in [0.15, 0.2) is 28.7 Å². The monoisotopic (exact) mass is 438 g/mol. The van der Waals surface area contributed by atoms with Crippen molar-refractivity contribution >= 4 is 21.8 Å². The van der Waals surface area contributed by atoms with Gasteiger partial charge < -0.3 is 10.2 Å². The molecule has 0 radical (unpaired) electrons. The Kier molecular flexibility index (Phi) is 7.56. The Morgan fingerprint density at radius 2 is 1.93 bits per heavy atom. The van der Waals surface area contributed by atoms with Gasteiger partial charge in [-0.25, -0.2) is 4.39 Å². The lowest BCUT2D eigenvalue weighted by molar-refractivity contribution is -0.125. The molecule has 148 valence electrons. The van der Waals surface area contributed by atoms with Crippen molar-refractivity contribution in [1.82, 2.24) is 20.0 Å². The van der Waals surface area contributed by atoms with Crippen LogP contribution in [0, 0.1) is 25.6 Å². The van der Waals surface area contributed by atoms with E-state index in [4.69, 9.17) is 0 Å². The van der Waals surface area contributed by atoms with Gasteiger partial charge in [0.15, 0.2) is 0 Å². The minimum absolute atomic E-state index is 0.0354. The molecule has 0 saturated carbocycles. The summed E-state index contributed by atoms with van der Waals surface area (Å²) in [5.74, 6) is -0.552. The Labute approximate surface area is 169 Å². The summed E-state index contributed by atoms with van der Waals surface area (Å²) in [6.45, 7) is 7.14. The normalized spacial score (nSPS) is 13.6. The zero-order chi connectivity index (χ0) is 20.1. The van der Waals surface area contributed by atoms with Crippen molar-refractivity contribution in [1.29, 1.82) is 0 Å². The number of hydrogen-bond acceptors (Lipinski definition) is 3. The van der Waals surface area contributed by atoms with Crippen LogP contribution in [-0.2, 0) is 11.3 Å². The molecule has 2 rings (SSSR count). The Balaban J connectivity index is 2.09. The predicted octanol–water partition coefficient (Wildman–Crippen LogP) is 3.85. The minimum Gasteiger partial charge on any atom is -0.349 e. The molecule has 0 aliphatic heterocycles. The number of nitrogens with zero attached hydrogens (tertiary/aromatic N) is 3. The first-order chi connectivity index (χ1) is 12.7. The fourth-order valence-corrected chi connectivity index (χ4v) is 3.20. The zero-order valence-corrected chi connectivity index (χ0v) is 18.2. The summed E-state index contributed by atoms with van der Waals surface area (Å²) in [6.07, 6.45) is 0.753. The Bertz CT molecular complexity index is 773. The average molecular weight is 439 g/mol. The van der Waals surface area contributed by atoms with Crippen molar-refractivity contribution in [3.8, 4) is 0 Å². The molecule has 0 aliphatic rings. The highest BCUT2D eigenvalue weighted by atomic mass is 79.9.